The maximum atomic E-state index is 5.56. The lowest BCUT2D eigenvalue weighted by atomic mass is 9.78. The molecule has 0 aromatic heterocycles. The summed E-state index contributed by atoms with van der Waals surface area (Å²) in [5.74, 6) is 0.955. The lowest BCUT2D eigenvalue weighted by molar-refractivity contribution is 0.317. The number of methoxy groups -OCH3 is 1. The van der Waals surface area contributed by atoms with E-state index >= 15 is 0 Å². The quantitative estimate of drug-likeness (QED) is 0.573. The molecule has 0 aromatic carbocycles. The van der Waals surface area contributed by atoms with Crippen LogP contribution in [0.15, 0.2) is 16.1 Å². The molecule has 0 aromatic rings. The van der Waals surface area contributed by atoms with E-state index in [-0.39, 0.29) is 21.8 Å². The van der Waals surface area contributed by atoms with Crippen LogP contribution in [0.2, 0.25) is 0 Å². The Hall–Kier alpha value is -0.790. The van der Waals surface area contributed by atoms with Crippen LogP contribution in [0.25, 0.3) is 0 Å². The van der Waals surface area contributed by atoms with Gasteiger partial charge in [-0.3, -0.25) is 0 Å². The van der Waals surface area contributed by atoms with E-state index in [1.165, 1.54) is 11.1 Å². The Morgan fingerprint density at radius 1 is 0.938 bits per heavy atom. The summed E-state index contributed by atoms with van der Waals surface area (Å²) in [6.45, 7) is 13.9. The highest BCUT2D eigenvalue weighted by Gasteiger charge is 2.94. The van der Waals surface area contributed by atoms with Gasteiger partial charge in [0.25, 0.3) is 0 Å². The maximum Gasteiger partial charge on any atom is 0.191 e. The Labute approximate surface area is 97.8 Å². The minimum Gasteiger partial charge on any atom is -0.484 e. The molecule has 16 heavy (non-hydrogen) atoms. The van der Waals surface area contributed by atoms with Gasteiger partial charge in [0.1, 0.15) is 0 Å². The first-order chi connectivity index (χ1) is 7.23. The highest BCUT2D eigenvalue weighted by atomic mass is 16.5. The predicted molar refractivity (Wildman–Crippen MR) is 65.5 cm³/mol. The highest BCUT2D eigenvalue weighted by Crippen LogP contribution is 2.92. The summed E-state index contributed by atoms with van der Waals surface area (Å²) in [6.07, 6.45) is 0. The molecule has 2 aliphatic carbocycles. The minimum atomic E-state index is -0.0497. The van der Waals surface area contributed by atoms with E-state index < -0.39 is 0 Å². The molecule has 2 heteroatoms. The third-order valence-electron chi connectivity index (χ3n) is 6.90. The Morgan fingerprint density at radius 2 is 1.50 bits per heavy atom. The third kappa shape index (κ3) is 0.509. The van der Waals surface area contributed by atoms with Crippen molar-refractivity contribution in [2.24, 2.45) is 21.2 Å². The molecule has 1 heterocycles. The Balaban J connectivity index is 2.34. The van der Waals surface area contributed by atoms with E-state index in [0.717, 1.165) is 5.90 Å². The number of hydrogen-bond acceptors (Lipinski definition) is 2. The molecule has 1 aliphatic heterocycles. The maximum absolute atomic E-state index is 5.56. The van der Waals surface area contributed by atoms with Crippen LogP contribution in [0.3, 0.4) is 0 Å². The predicted octanol–water partition coefficient (Wildman–Crippen LogP) is 3.19. The van der Waals surface area contributed by atoms with Crippen LogP contribution in [-0.2, 0) is 4.74 Å². The molecular formula is C14H21NO. The van der Waals surface area contributed by atoms with Gasteiger partial charge in [0.05, 0.1) is 18.1 Å². The average Bonchev–Trinajstić information content (AvgIpc) is 2.53. The molecule has 1 fully saturated rings. The van der Waals surface area contributed by atoms with Crippen molar-refractivity contribution in [2.75, 3.05) is 7.11 Å². The number of nitrogens with zero attached hydrogens (tertiary/aromatic N) is 1. The molecule has 3 aliphatic rings. The summed E-state index contributed by atoms with van der Waals surface area (Å²) in [6, 6.07) is 0. The molecule has 4 atom stereocenters. The number of aliphatic imine (C=N–C) groups is 1. The fraction of sp³-hybridized carbons (Fsp3) is 0.786. The lowest BCUT2D eigenvalue weighted by Crippen LogP contribution is -2.32. The van der Waals surface area contributed by atoms with Gasteiger partial charge in [0.15, 0.2) is 5.90 Å². The number of ether oxygens (including phenoxy) is 1. The number of rotatable bonds is 0. The molecule has 2 nitrogen and oxygen atoms in total. The molecular weight excluding hydrogens is 198 g/mol. The highest BCUT2D eigenvalue weighted by molar-refractivity contribution is 5.96. The first kappa shape index (κ1) is 10.4. The zero-order valence-electron chi connectivity index (χ0n) is 11.4. The van der Waals surface area contributed by atoms with Crippen molar-refractivity contribution in [2.45, 2.75) is 47.1 Å². The largest absolute Gasteiger partial charge is 0.484 e. The molecule has 0 saturated heterocycles. The van der Waals surface area contributed by atoms with Crippen molar-refractivity contribution in [3.63, 3.8) is 0 Å². The SMILES string of the molecule is COC1=N[C@]2(C)C(C)=C(C)[C@@]3(C)[C@@]1(C)[C@@]32C. The summed E-state index contributed by atoms with van der Waals surface area (Å²) in [5, 5.41) is 0. The van der Waals surface area contributed by atoms with Crippen LogP contribution in [0.4, 0.5) is 0 Å². The molecule has 0 amide bonds. The second-order valence-electron chi connectivity index (χ2n) is 6.32. The molecule has 0 spiro atoms. The van der Waals surface area contributed by atoms with Gasteiger partial charge in [-0.25, -0.2) is 4.99 Å². The van der Waals surface area contributed by atoms with Gasteiger partial charge < -0.3 is 4.74 Å². The van der Waals surface area contributed by atoms with Crippen molar-refractivity contribution < 1.29 is 4.74 Å². The first-order valence-electron chi connectivity index (χ1n) is 6.06. The minimum absolute atomic E-state index is 0.0497. The van der Waals surface area contributed by atoms with Crippen LogP contribution in [0.1, 0.15) is 41.5 Å². The molecule has 3 rings (SSSR count). The zero-order valence-corrected chi connectivity index (χ0v) is 11.4. The van der Waals surface area contributed by atoms with Gasteiger partial charge in [-0.2, -0.15) is 0 Å². The van der Waals surface area contributed by atoms with Crippen molar-refractivity contribution in [3.8, 4) is 0 Å². The van der Waals surface area contributed by atoms with E-state index in [4.69, 9.17) is 9.73 Å². The molecule has 88 valence electrons. The molecule has 0 unspecified atom stereocenters. The summed E-state index contributed by atoms with van der Waals surface area (Å²) in [4.78, 5) is 4.89. The van der Waals surface area contributed by atoms with Crippen molar-refractivity contribution in [3.05, 3.63) is 11.1 Å². The summed E-state index contributed by atoms with van der Waals surface area (Å²) in [7, 11) is 1.75. The Morgan fingerprint density at radius 3 is 1.88 bits per heavy atom. The van der Waals surface area contributed by atoms with Crippen LogP contribution in [-0.4, -0.2) is 18.5 Å². The van der Waals surface area contributed by atoms with Gasteiger partial charge in [-0.15, -0.1) is 0 Å². The topological polar surface area (TPSA) is 21.6 Å². The van der Waals surface area contributed by atoms with Gasteiger partial charge in [0.2, 0.25) is 0 Å². The first-order valence-corrected chi connectivity index (χ1v) is 6.06. The molecule has 1 saturated carbocycles. The molecule has 0 N–H and O–H groups in total. The number of allylic oxidation sites excluding steroid dienone is 1. The van der Waals surface area contributed by atoms with Crippen molar-refractivity contribution in [1.29, 1.82) is 0 Å². The summed E-state index contributed by atoms with van der Waals surface area (Å²) < 4.78 is 5.56. The van der Waals surface area contributed by atoms with Gasteiger partial charge in [0, 0.05) is 10.8 Å². The van der Waals surface area contributed by atoms with Crippen molar-refractivity contribution >= 4 is 5.90 Å². The van der Waals surface area contributed by atoms with Crippen molar-refractivity contribution in [1.82, 2.24) is 0 Å². The van der Waals surface area contributed by atoms with E-state index in [0.29, 0.717) is 0 Å². The van der Waals surface area contributed by atoms with Gasteiger partial charge in [-0.1, -0.05) is 19.4 Å². The fourth-order valence-electron chi connectivity index (χ4n) is 5.15. The van der Waals surface area contributed by atoms with Gasteiger partial charge >= 0.3 is 0 Å². The fourth-order valence-corrected chi connectivity index (χ4v) is 5.15. The number of fused-ring (bicyclic) bond motifs is 1. The Kier molecular flexibility index (Phi) is 1.37. The monoisotopic (exact) mass is 219 g/mol. The third-order valence-corrected chi connectivity index (χ3v) is 6.90. The zero-order chi connectivity index (χ0) is 12.1. The van der Waals surface area contributed by atoms with E-state index in [2.05, 4.69) is 41.5 Å². The Bertz CT molecular complexity index is 477. The van der Waals surface area contributed by atoms with E-state index in [9.17, 15) is 0 Å². The number of hydrogen-bond donors (Lipinski definition) is 0. The molecule has 0 bridgehead atoms. The molecule has 0 radical (unpaired) electrons. The standard InChI is InChI=1S/C14H21NO/c1-8-9(2)13(5)14(6)11(8,3)12(14,4)10(15-13)16-7/h1-7H3/t11-,12-,13+,14+/m0/s1. The van der Waals surface area contributed by atoms with Crippen LogP contribution in [0.5, 0.6) is 0 Å². The lowest BCUT2D eigenvalue weighted by Gasteiger charge is -2.28. The van der Waals surface area contributed by atoms with Gasteiger partial charge in [-0.05, 0) is 33.3 Å². The van der Waals surface area contributed by atoms with E-state index in [1.807, 2.05) is 0 Å². The smallest absolute Gasteiger partial charge is 0.191 e. The average molecular weight is 219 g/mol. The van der Waals surface area contributed by atoms with E-state index in [1.54, 1.807) is 7.11 Å². The summed E-state index contributed by atoms with van der Waals surface area (Å²) >= 11 is 0. The van der Waals surface area contributed by atoms with Crippen LogP contribution >= 0.6 is 0 Å². The second kappa shape index (κ2) is 2.12. The van der Waals surface area contributed by atoms with Crippen LogP contribution < -0.4 is 0 Å². The van der Waals surface area contributed by atoms with Crippen LogP contribution in [0, 0.1) is 16.2 Å². The summed E-state index contributed by atoms with van der Waals surface area (Å²) in [5.41, 5.74) is 3.48. The normalized spacial score (nSPS) is 57.6. The second-order valence-corrected chi connectivity index (χ2v) is 6.32.